The van der Waals surface area contributed by atoms with Crippen LogP contribution in [0.2, 0.25) is 5.54 Å². The Kier molecular flexibility index (Phi) is 4.49. The highest BCUT2D eigenvalue weighted by atomic mass is 28.2. The average molecular weight is 224 g/mol. The lowest BCUT2D eigenvalue weighted by molar-refractivity contribution is 0.344. The van der Waals surface area contributed by atoms with Crippen LogP contribution in [0, 0.1) is 0 Å². The van der Waals surface area contributed by atoms with Crippen LogP contribution < -0.4 is 13.9 Å². The molecule has 0 bridgehead atoms. The Hall–Kier alpha value is -1.16. The summed E-state index contributed by atoms with van der Waals surface area (Å²) in [6, 6.07) is 5.63. The molecule has 0 spiro atoms. The Morgan fingerprint density at radius 2 is 1.73 bits per heavy atom. The summed E-state index contributed by atoms with van der Waals surface area (Å²) in [6.45, 7) is 4.23. The van der Waals surface area contributed by atoms with Crippen molar-refractivity contribution in [3.8, 4) is 17.2 Å². The van der Waals surface area contributed by atoms with E-state index in [9.17, 15) is 0 Å². The minimum atomic E-state index is 0.428. The van der Waals surface area contributed by atoms with Gasteiger partial charge in [0.15, 0.2) is 5.75 Å². The first-order valence-electron chi connectivity index (χ1n) is 4.82. The molecule has 0 saturated heterocycles. The van der Waals surface area contributed by atoms with Crippen LogP contribution in [-0.4, -0.2) is 24.0 Å². The highest BCUT2D eigenvalue weighted by molar-refractivity contribution is 6.30. The third-order valence-electron chi connectivity index (χ3n) is 1.77. The molecule has 0 unspecified atom stereocenters. The van der Waals surface area contributed by atoms with E-state index in [1.165, 1.54) is 0 Å². The van der Waals surface area contributed by atoms with Crippen molar-refractivity contribution in [2.45, 2.75) is 19.4 Å². The van der Waals surface area contributed by atoms with Crippen LogP contribution in [0.3, 0.4) is 0 Å². The molecule has 2 radical (unpaired) electrons. The lowest BCUT2D eigenvalue weighted by atomic mass is 10.3. The molecule has 0 fully saturated rings. The van der Waals surface area contributed by atoms with Gasteiger partial charge in [-0.25, -0.2) is 0 Å². The summed E-state index contributed by atoms with van der Waals surface area (Å²) in [4.78, 5) is 0. The molecule has 82 valence electrons. The molecule has 0 aliphatic carbocycles. The number of rotatable bonds is 5. The monoisotopic (exact) mass is 224 g/mol. The van der Waals surface area contributed by atoms with E-state index < -0.39 is 0 Å². The second-order valence-corrected chi connectivity index (χ2v) is 4.96. The summed E-state index contributed by atoms with van der Waals surface area (Å²) in [7, 11) is 3.66. The van der Waals surface area contributed by atoms with Crippen LogP contribution in [0.15, 0.2) is 18.2 Å². The first kappa shape index (κ1) is 11.9. The Morgan fingerprint density at radius 1 is 1.07 bits per heavy atom. The molecule has 0 aromatic heterocycles. The Balaban J connectivity index is 2.86. The van der Waals surface area contributed by atoms with Gasteiger partial charge in [0.25, 0.3) is 0 Å². The van der Waals surface area contributed by atoms with Crippen LogP contribution in [0.5, 0.6) is 17.2 Å². The van der Waals surface area contributed by atoms with Crippen molar-refractivity contribution in [3.63, 3.8) is 0 Å². The second kappa shape index (κ2) is 5.65. The Labute approximate surface area is 93.3 Å². The van der Waals surface area contributed by atoms with E-state index in [0.29, 0.717) is 26.8 Å². The van der Waals surface area contributed by atoms with Gasteiger partial charge >= 0.3 is 9.76 Å². The van der Waals surface area contributed by atoms with Gasteiger partial charge in [-0.3, -0.25) is 0 Å². The summed E-state index contributed by atoms with van der Waals surface area (Å²) < 4.78 is 16.1. The van der Waals surface area contributed by atoms with Gasteiger partial charge in [0.2, 0.25) is 5.75 Å². The number of hydrogen-bond acceptors (Lipinski definition) is 3. The van der Waals surface area contributed by atoms with E-state index in [1.54, 1.807) is 14.2 Å². The van der Waals surface area contributed by atoms with E-state index in [-0.39, 0.29) is 0 Å². The normalized spacial score (nSPS) is 10.2. The molecular formula is C11H16O3Si. The van der Waals surface area contributed by atoms with E-state index >= 15 is 0 Å². The van der Waals surface area contributed by atoms with Crippen molar-refractivity contribution < 1.29 is 13.9 Å². The van der Waals surface area contributed by atoms with Crippen LogP contribution in [-0.2, 0) is 0 Å². The van der Waals surface area contributed by atoms with Crippen molar-refractivity contribution in [2.75, 3.05) is 14.2 Å². The average Bonchev–Trinajstić information content (AvgIpc) is 2.25. The standard InChI is InChI=1S/C11H16O3Si/c1-8(2)15-14-10-7-5-6-9(12-3)11(10)13-4/h5-8H,1-4H3. The van der Waals surface area contributed by atoms with Gasteiger partial charge in [-0.15, -0.1) is 0 Å². The van der Waals surface area contributed by atoms with E-state index in [1.807, 2.05) is 18.2 Å². The summed E-state index contributed by atoms with van der Waals surface area (Å²) in [5.74, 6) is 2.10. The minimum Gasteiger partial charge on any atom is -0.538 e. The van der Waals surface area contributed by atoms with Crippen LogP contribution in [0.1, 0.15) is 13.8 Å². The van der Waals surface area contributed by atoms with Gasteiger partial charge in [-0.05, 0) is 17.7 Å². The molecule has 0 atom stereocenters. The largest absolute Gasteiger partial charge is 0.538 e. The third-order valence-corrected chi connectivity index (χ3v) is 2.58. The molecule has 0 amide bonds. The molecule has 0 saturated carbocycles. The third kappa shape index (κ3) is 3.16. The molecule has 0 aliphatic rings. The highest BCUT2D eigenvalue weighted by Crippen LogP contribution is 2.36. The fourth-order valence-corrected chi connectivity index (χ4v) is 1.64. The van der Waals surface area contributed by atoms with Crippen molar-refractivity contribution in [2.24, 2.45) is 0 Å². The second-order valence-electron chi connectivity index (χ2n) is 3.37. The SMILES string of the molecule is COc1cccc(O[Si]C(C)C)c1OC. The molecule has 3 nitrogen and oxygen atoms in total. The zero-order chi connectivity index (χ0) is 11.3. The predicted molar refractivity (Wildman–Crippen MR) is 61.0 cm³/mol. The van der Waals surface area contributed by atoms with Gasteiger partial charge in [0, 0.05) is 0 Å². The van der Waals surface area contributed by atoms with Crippen LogP contribution >= 0.6 is 0 Å². The summed E-state index contributed by atoms with van der Waals surface area (Å²) in [5.41, 5.74) is 0.515. The highest BCUT2D eigenvalue weighted by Gasteiger charge is 2.11. The number of para-hydroxylation sites is 1. The molecule has 0 aliphatic heterocycles. The molecule has 0 heterocycles. The van der Waals surface area contributed by atoms with Crippen molar-refractivity contribution >= 4 is 9.76 Å². The zero-order valence-corrected chi connectivity index (χ0v) is 10.5. The van der Waals surface area contributed by atoms with Gasteiger partial charge in [-0.2, -0.15) is 0 Å². The quantitative estimate of drug-likeness (QED) is 0.719. The summed E-state index contributed by atoms with van der Waals surface area (Å²) in [6.07, 6.45) is 0. The maximum absolute atomic E-state index is 5.65. The maximum atomic E-state index is 5.65. The van der Waals surface area contributed by atoms with Crippen molar-refractivity contribution in [1.82, 2.24) is 0 Å². The zero-order valence-electron chi connectivity index (χ0n) is 9.53. The lowest BCUT2D eigenvalue weighted by Gasteiger charge is -2.13. The van der Waals surface area contributed by atoms with Gasteiger partial charge in [0.1, 0.15) is 5.75 Å². The first-order valence-corrected chi connectivity index (χ1v) is 5.81. The maximum Gasteiger partial charge on any atom is 0.313 e. The van der Waals surface area contributed by atoms with E-state index in [4.69, 9.17) is 13.9 Å². The number of methoxy groups -OCH3 is 2. The first-order chi connectivity index (χ1) is 7.19. The number of ether oxygens (including phenoxy) is 2. The molecule has 1 rings (SSSR count). The molecule has 1 aromatic rings. The van der Waals surface area contributed by atoms with E-state index in [0.717, 1.165) is 5.75 Å². The molecule has 1 aromatic carbocycles. The molecule has 15 heavy (non-hydrogen) atoms. The molecular weight excluding hydrogens is 208 g/mol. The Bertz CT molecular complexity index is 313. The van der Waals surface area contributed by atoms with Crippen LogP contribution in [0.25, 0.3) is 0 Å². The van der Waals surface area contributed by atoms with Gasteiger partial charge < -0.3 is 13.9 Å². The molecule has 0 N–H and O–H groups in total. The van der Waals surface area contributed by atoms with Crippen LogP contribution in [0.4, 0.5) is 0 Å². The smallest absolute Gasteiger partial charge is 0.313 e. The predicted octanol–water partition coefficient (Wildman–Crippen LogP) is 2.53. The van der Waals surface area contributed by atoms with E-state index in [2.05, 4.69) is 13.8 Å². The van der Waals surface area contributed by atoms with Crippen molar-refractivity contribution in [3.05, 3.63) is 18.2 Å². The summed E-state index contributed by atoms with van der Waals surface area (Å²) >= 11 is 0. The Morgan fingerprint density at radius 3 is 2.27 bits per heavy atom. The number of hydrogen-bond donors (Lipinski definition) is 0. The van der Waals surface area contributed by atoms with Crippen molar-refractivity contribution in [1.29, 1.82) is 0 Å². The summed E-state index contributed by atoms with van der Waals surface area (Å²) in [5, 5.41) is 0. The minimum absolute atomic E-state index is 0.428. The topological polar surface area (TPSA) is 27.7 Å². The van der Waals surface area contributed by atoms with Gasteiger partial charge in [-0.1, -0.05) is 19.9 Å². The lowest BCUT2D eigenvalue weighted by Crippen LogP contribution is -2.06. The molecule has 4 heteroatoms. The fourth-order valence-electron chi connectivity index (χ4n) is 1.12. The number of benzene rings is 1. The van der Waals surface area contributed by atoms with Gasteiger partial charge in [0.05, 0.1) is 14.2 Å². The fraction of sp³-hybridized carbons (Fsp3) is 0.455.